The van der Waals surface area contributed by atoms with E-state index in [1.807, 2.05) is 35.0 Å². The first-order valence-electron chi connectivity index (χ1n) is 6.11. The first-order chi connectivity index (χ1) is 9.72. The lowest BCUT2D eigenvalue weighted by Crippen LogP contribution is -2.01. The molecule has 0 saturated heterocycles. The summed E-state index contributed by atoms with van der Waals surface area (Å²) in [6.45, 7) is 0.707. The van der Waals surface area contributed by atoms with Crippen LogP contribution in [0.25, 0.3) is 11.4 Å². The van der Waals surface area contributed by atoms with E-state index in [0.717, 1.165) is 15.9 Å². The van der Waals surface area contributed by atoms with Crippen molar-refractivity contribution in [3.8, 4) is 11.4 Å². The van der Waals surface area contributed by atoms with E-state index < -0.39 is 0 Å². The summed E-state index contributed by atoms with van der Waals surface area (Å²) in [6.07, 6.45) is 1.77. The Balaban J connectivity index is 1.84. The highest BCUT2D eigenvalue weighted by atomic mass is 127. The van der Waals surface area contributed by atoms with Gasteiger partial charge in [-0.15, -0.1) is 0 Å². The molecule has 0 bridgehead atoms. The van der Waals surface area contributed by atoms with E-state index in [2.05, 4.69) is 66.8 Å². The van der Waals surface area contributed by atoms with E-state index in [4.69, 9.17) is 0 Å². The van der Waals surface area contributed by atoms with Crippen LogP contribution in [-0.4, -0.2) is 14.8 Å². The molecule has 0 N–H and O–H groups in total. The van der Waals surface area contributed by atoms with E-state index in [9.17, 15) is 0 Å². The van der Waals surface area contributed by atoms with Crippen molar-refractivity contribution in [1.29, 1.82) is 0 Å². The Morgan fingerprint density at radius 1 is 1.05 bits per heavy atom. The molecule has 3 aromatic rings. The summed E-state index contributed by atoms with van der Waals surface area (Å²) >= 11 is 5.84. The monoisotopic (exact) mass is 439 g/mol. The molecule has 5 heteroatoms. The average molecular weight is 440 g/mol. The molecule has 3 nitrogen and oxygen atoms in total. The highest BCUT2D eigenvalue weighted by Gasteiger charge is 2.06. The first-order valence-corrected chi connectivity index (χ1v) is 7.98. The molecular formula is C15H11BrIN3. The minimum atomic E-state index is 0.707. The lowest BCUT2D eigenvalue weighted by molar-refractivity contribution is 0.685. The van der Waals surface area contributed by atoms with Gasteiger partial charge >= 0.3 is 0 Å². The standard InChI is InChI=1S/C15H11BrIN3/c16-14-4-2-1-3-12(14)9-20-10-18-15(19-20)11-5-7-13(17)8-6-11/h1-8,10H,9H2. The molecule has 0 saturated carbocycles. The highest BCUT2D eigenvalue weighted by molar-refractivity contribution is 14.1. The van der Waals surface area contributed by atoms with E-state index in [-0.39, 0.29) is 0 Å². The topological polar surface area (TPSA) is 30.7 Å². The number of benzene rings is 2. The fraction of sp³-hybridized carbons (Fsp3) is 0.0667. The van der Waals surface area contributed by atoms with Crippen LogP contribution in [0.15, 0.2) is 59.3 Å². The number of rotatable bonds is 3. The van der Waals surface area contributed by atoms with Gasteiger partial charge in [0.15, 0.2) is 5.82 Å². The van der Waals surface area contributed by atoms with Crippen molar-refractivity contribution in [1.82, 2.24) is 14.8 Å². The van der Waals surface area contributed by atoms with Crippen molar-refractivity contribution in [3.63, 3.8) is 0 Å². The SMILES string of the molecule is Brc1ccccc1Cn1cnc(-c2ccc(I)cc2)n1. The molecule has 0 unspecified atom stereocenters. The first kappa shape index (κ1) is 13.8. The van der Waals surface area contributed by atoms with Gasteiger partial charge in [0, 0.05) is 13.6 Å². The van der Waals surface area contributed by atoms with Crippen LogP contribution in [0.4, 0.5) is 0 Å². The number of aromatic nitrogens is 3. The lowest BCUT2D eigenvalue weighted by atomic mass is 10.2. The van der Waals surface area contributed by atoms with Crippen molar-refractivity contribution >= 4 is 38.5 Å². The average Bonchev–Trinajstić information content (AvgIpc) is 2.91. The zero-order valence-corrected chi connectivity index (χ0v) is 14.2. The van der Waals surface area contributed by atoms with Gasteiger partial charge in [0.05, 0.1) is 6.54 Å². The van der Waals surface area contributed by atoms with Crippen LogP contribution in [-0.2, 0) is 6.54 Å². The zero-order chi connectivity index (χ0) is 13.9. The number of hydrogen-bond donors (Lipinski definition) is 0. The maximum atomic E-state index is 4.53. The number of halogens is 2. The van der Waals surface area contributed by atoms with Gasteiger partial charge in [-0.05, 0) is 46.4 Å². The van der Waals surface area contributed by atoms with Gasteiger partial charge in [0.25, 0.3) is 0 Å². The van der Waals surface area contributed by atoms with Crippen LogP contribution in [0.5, 0.6) is 0 Å². The Bertz CT molecular complexity index is 722. The van der Waals surface area contributed by atoms with Crippen LogP contribution in [0.1, 0.15) is 5.56 Å². The molecule has 20 heavy (non-hydrogen) atoms. The third-order valence-corrected chi connectivity index (χ3v) is 4.42. The third-order valence-electron chi connectivity index (χ3n) is 2.93. The maximum Gasteiger partial charge on any atom is 0.181 e. The second kappa shape index (κ2) is 6.05. The summed E-state index contributed by atoms with van der Waals surface area (Å²) in [5.74, 6) is 0.758. The summed E-state index contributed by atoms with van der Waals surface area (Å²) in [4.78, 5) is 4.38. The van der Waals surface area contributed by atoms with Crippen molar-refractivity contribution < 1.29 is 0 Å². The molecule has 0 aliphatic heterocycles. The Morgan fingerprint density at radius 2 is 1.80 bits per heavy atom. The summed E-state index contributed by atoms with van der Waals surface area (Å²) in [5, 5.41) is 4.53. The molecule has 3 rings (SSSR count). The molecule has 1 aromatic heterocycles. The van der Waals surface area contributed by atoms with Crippen LogP contribution >= 0.6 is 38.5 Å². The summed E-state index contributed by atoms with van der Waals surface area (Å²) < 4.78 is 4.15. The minimum Gasteiger partial charge on any atom is -0.248 e. The van der Waals surface area contributed by atoms with Crippen LogP contribution in [0.2, 0.25) is 0 Å². The molecule has 0 amide bonds. The summed E-state index contributed by atoms with van der Waals surface area (Å²) in [5.41, 5.74) is 2.22. The van der Waals surface area contributed by atoms with Gasteiger partial charge < -0.3 is 0 Å². The third kappa shape index (κ3) is 3.09. The molecule has 0 aliphatic carbocycles. The van der Waals surface area contributed by atoms with Crippen LogP contribution < -0.4 is 0 Å². The van der Waals surface area contributed by atoms with Gasteiger partial charge in [-0.25, -0.2) is 9.67 Å². The van der Waals surface area contributed by atoms with Gasteiger partial charge in [0.1, 0.15) is 6.33 Å². The Hall–Kier alpha value is -1.21. The van der Waals surface area contributed by atoms with Crippen molar-refractivity contribution in [2.45, 2.75) is 6.54 Å². The normalized spacial score (nSPS) is 10.7. The molecule has 100 valence electrons. The molecular weight excluding hydrogens is 429 g/mol. The van der Waals surface area contributed by atoms with Crippen LogP contribution in [0.3, 0.4) is 0 Å². The predicted molar refractivity (Wildman–Crippen MR) is 91.4 cm³/mol. The molecule has 0 radical (unpaired) electrons. The van der Waals surface area contributed by atoms with E-state index in [1.165, 1.54) is 9.13 Å². The summed E-state index contributed by atoms with van der Waals surface area (Å²) in [6, 6.07) is 16.3. The number of nitrogens with zero attached hydrogens (tertiary/aromatic N) is 3. The van der Waals surface area contributed by atoms with Gasteiger partial charge in [-0.2, -0.15) is 5.10 Å². The Morgan fingerprint density at radius 3 is 2.55 bits per heavy atom. The smallest absolute Gasteiger partial charge is 0.181 e. The zero-order valence-electron chi connectivity index (χ0n) is 10.5. The molecule has 0 fully saturated rings. The van der Waals surface area contributed by atoms with E-state index >= 15 is 0 Å². The predicted octanol–water partition coefficient (Wildman–Crippen LogP) is 4.36. The van der Waals surface area contributed by atoms with Gasteiger partial charge in [-0.1, -0.05) is 46.3 Å². The van der Waals surface area contributed by atoms with Crippen molar-refractivity contribution in [3.05, 3.63) is 68.5 Å². The fourth-order valence-electron chi connectivity index (χ4n) is 1.90. The molecule has 0 spiro atoms. The lowest BCUT2D eigenvalue weighted by Gasteiger charge is -2.03. The molecule has 2 aromatic carbocycles. The van der Waals surface area contributed by atoms with E-state index in [0.29, 0.717) is 6.54 Å². The molecule has 0 atom stereocenters. The van der Waals surface area contributed by atoms with Crippen LogP contribution in [0, 0.1) is 3.57 Å². The van der Waals surface area contributed by atoms with E-state index in [1.54, 1.807) is 6.33 Å². The molecule has 1 heterocycles. The Kier molecular flexibility index (Phi) is 4.16. The van der Waals surface area contributed by atoms with Gasteiger partial charge in [0.2, 0.25) is 0 Å². The maximum absolute atomic E-state index is 4.53. The second-order valence-electron chi connectivity index (χ2n) is 4.36. The number of hydrogen-bond acceptors (Lipinski definition) is 2. The fourth-order valence-corrected chi connectivity index (χ4v) is 2.67. The summed E-state index contributed by atoms with van der Waals surface area (Å²) in [7, 11) is 0. The van der Waals surface area contributed by atoms with Crippen molar-refractivity contribution in [2.75, 3.05) is 0 Å². The minimum absolute atomic E-state index is 0.707. The Labute approximate surface area is 139 Å². The molecule has 0 aliphatic rings. The quantitative estimate of drug-likeness (QED) is 0.567. The second-order valence-corrected chi connectivity index (χ2v) is 6.46. The van der Waals surface area contributed by atoms with Gasteiger partial charge in [-0.3, -0.25) is 0 Å². The largest absolute Gasteiger partial charge is 0.248 e. The van der Waals surface area contributed by atoms with Crippen molar-refractivity contribution in [2.24, 2.45) is 0 Å². The highest BCUT2D eigenvalue weighted by Crippen LogP contribution is 2.19.